The first-order valence-electron chi connectivity index (χ1n) is 9.17. The van der Waals surface area contributed by atoms with E-state index in [1.54, 1.807) is 50.1 Å². The Kier molecular flexibility index (Phi) is 7.70. The number of H-pyrrole nitrogens is 1. The fourth-order valence-corrected chi connectivity index (χ4v) is 3.20. The number of rotatable bonds is 6. The van der Waals surface area contributed by atoms with Crippen molar-refractivity contribution < 1.29 is 23.8 Å². The van der Waals surface area contributed by atoms with Gasteiger partial charge in [0.25, 0.3) is 0 Å². The molecule has 3 heterocycles. The lowest BCUT2D eigenvalue weighted by Crippen LogP contribution is -2.33. The van der Waals surface area contributed by atoms with Crippen molar-refractivity contribution in [3.63, 3.8) is 0 Å². The Morgan fingerprint density at radius 1 is 1.03 bits per heavy atom. The monoisotopic (exact) mass is 399 g/mol. The minimum Gasteiger partial charge on any atom is -0.496 e. The van der Waals surface area contributed by atoms with Crippen molar-refractivity contribution in [2.24, 2.45) is 5.92 Å². The maximum absolute atomic E-state index is 12.5. The summed E-state index contributed by atoms with van der Waals surface area (Å²) in [5.41, 5.74) is 1.89. The zero-order valence-electron chi connectivity index (χ0n) is 17.1. The number of aromatic nitrogens is 3. The van der Waals surface area contributed by atoms with Gasteiger partial charge in [0, 0.05) is 30.7 Å². The van der Waals surface area contributed by atoms with Gasteiger partial charge < -0.3 is 19.2 Å². The van der Waals surface area contributed by atoms with Gasteiger partial charge >= 0.3 is 11.9 Å². The maximum atomic E-state index is 12.5. The van der Waals surface area contributed by atoms with E-state index >= 15 is 0 Å². The van der Waals surface area contributed by atoms with Crippen molar-refractivity contribution in [2.75, 3.05) is 21.3 Å². The third-order valence-corrected chi connectivity index (χ3v) is 4.41. The van der Waals surface area contributed by atoms with Gasteiger partial charge in [0.05, 0.1) is 26.7 Å². The number of fused-ring (bicyclic) bond motifs is 1. The Labute approximate surface area is 169 Å². The third-order valence-electron chi connectivity index (χ3n) is 4.41. The number of nitrogens with zero attached hydrogens (tertiary/aromatic N) is 2. The molecule has 0 aliphatic rings. The minimum atomic E-state index is -1.21. The van der Waals surface area contributed by atoms with Crippen LogP contribution in [0.5, 0.6) is 5.75 Å². The quantitative estimate of drug-likeness (QED) is 0.502. The summed E-state index contributed by atoms with van der Waals surface area (Å²) in [6.45, 7) is 4.00. The van der Waals surface area contributed by atoms with E-state index in [-0.39, 0.29) is 0 Å². The predicted molar refractivity (Wildman–Crippen MR) is 108 cm³/mol. The van der Waals surface area contributed by atoms with Crippen molar-refractivity contribution in [3.8, 4) is 5.75 Å². The van der Waals surface area contributed by atoms with Crippen molar-refractivity contribution in [1.29, 1.82) is 0 Å². The molecule has 3 rings (SSSR count). The summed E-state index contributed by atoms with van der Waals surface area (Å²) in [5, 5.41) is 0.673. The van der Waals surface area contributed by atoms with Crippen LogP contribution in [0.2, 0.25) is 0 Å². The summed E-state index contributed by atoms with van der Waals surface area (Å²) >= 11 is 0. The number of carbonyl (C=O) groups is 2. The highest BCUT2D eigenvalue weighted by atomic mass is 16.5. The van der Waals surface area contributed by atoms with Gasteiger partial charge in [-0.15, -0.1) is 0 Å². The van der Waals surface area contributed by atoms with E-state index in [9.17, 15) is 9.59 Å². The molecule has 8 heteroatoms. The molecule has 0 saturated carbocycles. The van der Waals surface area contributed by atoms with E-state index in [1.807, 2.05) is 13.8 Å². The Hall–Kier alpha value is -3.42. The third kappa shape index (κ3) is 4.37. The number of pyridine rings is 2. The summed E-state index contributed by atoms with van der Waals surface area (Å²) in [6.07, 6.45) is 6.53. The Morgan fingerprint density at radius 2 is 1.72 bits per heavy atom. The standard InChI is InChI=1S/C19H19N3O5.C2H6/c1-25-13-6-8-21-17-15(13)12(10-22-17)14(11-5-4-7-20-9-11)16(18(23)26-2)19(24)27-3;1-2/h4-10,14,16H,1-3H3,(H,21,22);1-2H3. The number of hydrogen-bond acceptors (Lipinski definition) is 7. The lowest BCUT2D eigenvalue weighted by Gasteiger charge is -2.23. The van der Waals surface area contributed by atoms with Crippen LogP contribution < -0.4 is 4.74 Å². The molecule has 0 bridgehead atoms. The second kappa shape index (κ2) is 10.2. The molecule has 29 heavy (non-hydrogen) atoms. The van der Waals surface area contributed by atoms with Gasteiger partial charge in [0.1, 0.15) is 11.4 Å². The van der Waals surface area contributed by atoms with Crippen LogP contribution in [-0.4, -0.2) is 48.2 Å². The molecular formula is C21H25N3O5. The van der Waals surface area contributed by atoms with E-state index < -0.39 is 23.8 Å². The molecule has 0 spiro atoms. The number of esters is 2. The number of carbonyl (C=O) groups excluding carboxylic acids is 2. The molecule has 8 nitrogen and oxygen atoms in total. The van der Waals surface area contributed by atoms with E-state index in [2.05, 4.69) is 15.0 Å². The molecule has 3 aromatic rings. The first-order valence-corrected chi connectivity index (χ1v) is 9.17. The SMILES string of the molecule is CC.COC(=O)C(C(=O)OC)C(c1cccnc1)c1c[nH]c2nccc(OC)c12. The molecular weight excluding hydrogens is 374 g/mol. The van der Waals surface area contributed by atoms with Crippen LogP contribution >= 0.6 is 0 Å². The second-order valence-electron chi connectivity index (χ2n) is 5.77. The van der Waals surface area contributed by atoms with Gasteiger partial charge in [0.2, 0.25) is 0 Å². The van der Waals surface area contributed by atoms with Crippen LogP contribution in [0.3, 0.4) is 0 Å². The van der Waals surface area contributed by atoms with Gasteiger partial charge in [-0.1, -0.05) is 19.9 Å². The lowest BCUT2D eigenvalue weighted by atomic mass is 9.81. The van der Waals surface area contributed by atoms with Gasteiger partial charge in [-0.3, -0.25) is 14.6 Å². The Balaban J connectivity index is 0.00000145. The summed E-state index contributed by atoms with van der Waals surface area (Å²) in [4.78, 5) is 36.5. The van der Waals surface area contributed by atoms with Gasteiger partial charge in [0.15, 0.2) is 5.92 Å². The van der Waals surface area contributed by atoms with Gasteiger partial charge in [-0.2, -0.15) is 0 Å². The number of aromatic amines is 1. The fourth-order valence-electron chi connectivity index (χ4n) is 3.20. The Morgan fingerprint density at radius 3 is 2.28 bits per heavy atom. The molecule has 1 unspecified atom stereocenters. The number of methoxy groups -OCH3 is 3. The molecule has 1 atom stereocenters. The van der Waals surface area contributed by atoms with Crippen molar-refractivity contribution in [2.45, 2.75) is 19.8 Å². The van der Waals surface area contributed by atoms with E-state index in [1.165, 1.54) is 14.2 Å². The van der Waals surface area contributed by atoms with Crippen LogP contribution in [0.15, 0.2) is 43.0 Å². The molecule has 0 fully saturated rings. The van der Waals surface area contributed by atoms with Crippen LogP contribution in [0.1, 0.15) is 30.9 Å². The molecule has 0 aliphatic heterocycles. The molecule has 0 amide bonds. The number of nitrogens with one attached hydrogen (secondary N) is 1. The molecule has 154 valence electrons. The zero-order valence-corrected chi connectivity index (χ0v) is 17.1. The maximum Gasteiger partial charge on any atom is 0.321 e. The minimum absolute atomic E-state index is 0.568. The lowest BCUT2D eigenvalue weighted by molar-refractivity contribution is -0.159. The molecule has 3 aromatic heterocycles. The number of hydrogen-bond donors (Lipinski definition) is 1. The Bertz CT molecular complexity index is 939. The van der Waals surface area contributed by atoms with Crippen LogP contribution in [0.25, 0.3) is 11.0 Å². The topological polar surface area (TPSA) is 103 Å². The predicted octanol–water partition coefficient (Wildman–Crippen LogP) is 3.09. The van der Waals surface area contributed by atoms with Gasteiger partial charge in [-0.25, -0.2) is 4.98 Å². The van der Waals surface area contributed by atoms with Crippen molar-refractivity contribution in [3.05, 3.63) is 54.1 Å². The molecule has 0 radical (unpaired) electrons. The smallest absolute Gasteiger partial charge is 0.321 e. The van der Waals surface area contributed by atoms with Gasteiger partial charge in [-0.05, 0) is 23.3 Å². The highest BCUT2D eigenvalue weighted by Crippen LogP contribution is 2.40. The average Bonchev–Trinajstić information content (AvgIpc) is 3.22. The highest BCUT2D eigenvalue weighted by Gasteiger charge is 2.40. The molecule has 0 aliphatic carbocycles. The fraction of sp³-hybridized carbons (Fsp3) is 0.333. The van der Waals surface area contributed by atoms with Crippen molar-refractivity contribution in [1.82, 2.24) is 15.0 Å². The highest BCUT2D eigenvalue weighted by molar-refractivity contribution is 5.98. The molecule has 1 N–H and O–H groups in total. The summed E-state index contributed by atoms with van der Waals surface area (Å²) in [5.74, 6) is -2.75. The summed E-state index contributed by atoms with van der Waals surface area (Å²) < 4.78 is 15.2. The normalized spacial score (nSPS) is 11.4. The molecule has 0 aromatic carbocycles. The first-order chi connectivity index (χ1) is 14.1. The van der Waals surface area contributed by atoms with Crippen LogP contribution in [-0.2, 0) is 19.1 Å². The van der Waals surface area contributed by atoms with E-state index in [0.717, 1.165) is 0 Å². The largest absolute Gasteiger partial charge is 0.496 e. The van der Waals surface area contributed by atoms with Crippen molar-refractivity contribution >= 4 is 23.0 Å². The average molecular weight is 399 g/mol. The van der Waals surface area contributed by atoms with Crippen LogP contribution in [0, 0.1) is 5.92 Å². The summed E-state index contributed by atoms with van der Waals surface area (Å²) in [6, 6.07) is 5.24. The summed E-state index contributed by atoms with van der Waals surface area (Å²) in [7, 11) is 4.01. The second-order valence-corrected chi connectivity index (χ2v) is 5.77. The van der Waals surface area contributed by atoms with E-state index in [4.69, 9.17) is 14.2 Å². The van der Waals surface area contributed by atoms with Crippen LogP contribution in [0.4, 0.5) is 0 Å². The number of ether oxygens (including phenoxy) is 3. The van der Waals surface area contributed by atoms with E-state index in [0.29, 0.717) is 27.9 Å². The molecule has 0 saturated heterocycles. The first kappa shape index (κ1) is 21.9. The zero-order chi connectivity index (χ0) is 21.4.